The van der Waals surface area contributed by atoms with Gasteiger partial charge in [0.2, 0.25) is 5.69 Å². The fourth-order valence-corrected chi connectivity index (χ4v) is 5.25. The van der Waals surface area contributed by atoms with Gasteiger partial charge in [0.05, 0.1) is 6.04 Å². The van der Waals surface area contributed by atoms with Crippen LogP contribution < -0.4 is 21.6 Å². The largest absolute Gasteiger partial charge is 0.370 e. The Morgan fingerprint density at radius 3 is 2.63 bits per heavy atom. The van der Waals surface area contributed by atoms with Gasteiger partial charge in [0.1, 0.15) is 5.54 Å². The summed E-state index contributed by atoms with van der Waals surface area (Å²) in [5, 5.41) is 0. The van der Waals surface area contributed by atoms with Crippen LogP contribution in [0.1, 0.15) is 43.4 Å². The van der Waals surface area contributed by atoms with E-state index in [4.69, 9.17) is 11.5 Å². The third kappa shape index (κ3) is 3.51. The minimum absolute atomic E-state index is 0.103. The lowest BCUT2D eigenvalue weighted by molar-refractivity contribution is -0.664. The summed E-state index contributed by atoms with van der Waals surface area (Å²) in [6.07, 6.45) is 8.79. The zero-order valence-electron chi connectivity index (χ0n) is 16.1. The molecule has 0 radical (unpaired) electrons. The number of aromatic nitrogens is 1. The van der Waals surface area contributed by atoms with Crippen LogP contribution in [0.3, 0.4) is 0 Å². The van der Waals surface area contributed by atoms with Gasteiger partial charge in [-0.3, -0.25) is 0 Å². The van der Waals surface area contributed by atoms with Crippen molar-refractivity contribution >= 4 is 5.96 Å². The summed E-state index contributed by atoms with van der Waals surface area (Å²) in [5.74, 6) is 0.193. The number of nitrogens with two attached hydrogens (primary N) is 2. The molecule has 27 heavy (non-hydrogen) atoms. The van der Waals surface area contributed by atoms with E-state index in [0.717, 1.165) is 25.7 Å². The van der Waals surface area contributed by atoms with Crippen LogP contribution in [0, 0.1) is 12.3 Å². The third-order valence-electron chi connectivity index (χ3n) is 6.51. The number of fused-ring (bicyclic) bond motifs is 2. The van der Waals surface area contributed by atoms with Crippen molar-refractivity contribution in [2.75, 3.05) is 5.43 Å². The Bertz CT molecular complexity index is 830. The maximum absolute atomic E-state index is 5.79. The monoisotopic (exact) mass is 364 g/mol. The van der Waals surface area contributed by atoms with E-state index in [2.05, 4.69) is 76.7 Å². The summed E-state index contributed by atoms with van der Waals surface area (Å²) in [6.45, 7) is 2.12. The normalized spacial score (nSPS) is 29.3. The van der Waals surface area contributed by atoms with Gasteiger partial charge in [-0.1, -0.05) is 35.0 Å². The zero-order valence-corrected chi connectivity index (χ0v) is 16.1. The Labute approximate surface area is 161 Å². The van der Waals surface area contributed by atoms with E-state index >= 15 is 0 Å². The van der Waals surface area contributed by atoms with Crippen LogP contribution in [-0.4, -0.2) is 17.5 Å². The second-order valence-electron chi connectivity index (χ2n) is 8.43. The summed E-state index contributed by atoms with van der Waals surface area (Å²) in [5.41, 5.74) is 18.2. The first kappa shape index (κ1) is 17.8. The number of pyridine rings is 1. The first-order valence-corrected chi connectivity index (χ1v) is 9.89. The lowest BCUT2D eigenvalue weighted by atomic mass is 9.68. The number of aryl methyl sites for hydroxylation is 1. The molecule has 0 saturated heterocycles. The number of aliphatic imine (C=N–C) groups is 1. The van der Waals surface area contributed by atoms with E-state index < -0.39 is 0 Å². The van der Waals surface area contributed by atoms with E-state index in [-0.39, 0.29) is 17.5 Å². The smallest absolute Gasteiger partial charge is 0.208 e. The van der Waals surface area contributed by atoms with Crippen molar-refractivity contribution in [1.29, 1.82) is 0 Å². The average Bonchev–Trinajstić information content (AvgIpc) is 2.94. The molecule has 5 N–H and O–H groups in total. The Balaban J connectivity index is 1.65. The fourth-order valence-electron chi connectivity index (χ4n) is 5.25. The molecule has 142 valence electrons. The number of benzene rings is 1. The van der Waals surface area contributed by atoms with Crippen LogP contribution in [0.15, 0.2) is 59.7 Å². The molecule has 0 amide bonds. The van der Waals surface area contributed by atoms with Crippen molar-refractivity contribution in [1.82, 2.24) is 0 Å². The summed E-state index contributed by atoms with van der Waals surface area (Å²) in [4.78, 5) is 4.65. The highest BCUT2D eigenvalue weighted by atomic mass is 15.4. The topological polar surface area (TPSA) is 80.3 Å². The van der Waals surface area contributed by atoms with Crippen LogP contribution in [0.5, 0.6) is 0 Å². The molecule has 1 heterocycles. The van der Waals surface area contributed by atoms with Crippen molar-refractivity contribution in [3.05, 3.63) is 66.0 Å². The first-order chi connectivity index (χ1) is 13.0. The molecule has 3 atom stereocenters. The van der Waals surface area contributed by atoms with Crippen LogP contribution in [-0.2, 0) is 6.42 Å². The minimum Gasteiger partial charge on any atom is -0.370 e. The highest BCUT2D eigenvalue weighted by Gasteiger charge is 2.58. The summed E-state index contributed by atoms with van der Waals surface area (Å²) >= 11 is 0. The molecule has 0 spiro atoms. The molecule has 5 nitrogen and oxygen atoms in total. The molecular weight excluding hydrogens is 334 g/mol. The zero-order chi connectivity index (χ0) is 18.9. The summed E-state index contributed by atoms with van der Waals surface area (Å²) in [6, 6.07) is 17.2. The molecule has 2 aliphatic rings. The molecule has 2 saturated carbocycles. The van der Waals surface area contributed by atoms with Gasteiger partial charge in [-0.25, -0.2) is 4.99 Å². The molecule has 0 aliphatic heterocycles. The van der Waals surface area contributed by atoms with Gasteiger partial charge >= 0.3 is 0 Å². The van der Waals surface area contributed by atoms with Crippen LogP contribution in [0.4, 0.5) is 0 Å². The third-order valence-corrected chi connectivity index (χ3v) is 6.51. The molecule has 2 aliphatic carbocycles. The van der Waals surface area contributed by atoms with E-state index in [1.807, 2.05) is 0 Å². The SMILES string of the molecule is Cc1cccc[n+]1NC12CCC(Cc3ccccc3)(CCC1N=C(N)N)C2. The lowest BCUT2D eigenvalue weighted by Crippen LogP contribution is -2.64. The summed E-state index contributed by atoms with van der Waals surface area (Å²) in [7, 11) is 0. The molecule has 4 rings (SSSR count). The lowest BCUT2D eigenvalue weighted by Gasteiger charge is -2.42. The first-order valence-electron chi connectivity index (χ1n) is 9.89. The minimum atomic E-state index is -0.103. The van der Waals surface area contributed by atoms with E-state index in [9.17, 15) is 0 Å². The standard InChI is InChI=1S/C22H30N5/c1-17-7-5-6-14-27(17)26-22-13-12-21(16-22,11-10-19(22)25-20(23)24)15-18-8-3-2-4-9-18/h2-9,14,19,26H,10-13,15-16H2,1H3,(H4,23,24,25)/q+1. The number of nitrogens with zero attached hydrogens (tertiary/aromatic N) is 2. The second-order valence-corrected chi connectivity index (χ2v) is 8.43. The van der Waals surface area contributed by atoms with Gasteiger partial charge in [-0.05, 0) is 55.6 Å². The van der Waals surface area contributed by atoms with Crippen molar-refractivity contribution in [2.24, 2.45) is 21.9 Å². The molecule has 1 aromatic carbocycles. The molecular formula is C22H30N5+. The predicted molar refractivity (Wildman–Crippen MR) is 109 cm³/mol. The van der Waals surface area contributed by atoms with Gasteiger partial charge in [0.25, 0.3) is 0 Å². The maximum Gasteiger partial charge on any atom is 0.208 e. The van der Waals surface area contributed by atoms with Crippen LogP contribution in [0.2, 0.25) is 0 Å². The predicted octanol–water partition coefficient (Wildman–Crippen LogP) is 2.41. The van der Waals surface area contributed by atoms with E-state index in [1.54, 1.807) is 0 Å². The number of guanidine groups is 1. The van der Waals surface area contributed by atoms with Crippen LogP contribution in [0.25, 0.3) is 0 Å². The highest BCUT2D eigenvalue weighted by Crippen LogP contribution is 2.56. The highest BCUT2D eigenvalue weighted by molar-refractivity contribution is 5.76. The van der Waals surface area contributed by atoms with Crippen molar-refractivity contribution in [3.8, 4) is 0 Å². The fraction of sp³-hybridized carbons (Fsp3) is 0.455. The Kier molecular flexibility index (Phi) is 4.54. The second kappa shape index (κ2) is 6.87. The quantitative estimate of drug-likeness (QED) is 0.433. The Morgan fingerprint density at radius 2 is 1.89 bits per heavy atom. The molecule has 2 aromatic rings. The molecule has 3 unspecified atom stereocenters. The Morgan fingerprint density at radius 1 is 1.11 bits per heavy atom. The van der Waals surface area contributed by atoms with Gasteiger partial charge in [0.15, 0.2) is 12.2 Å². The van der Waals surface area contributed by atoms with Gasteiger partial charge < -0.3 is 11.5 Å². The number of rotatable bonds is 5. The number of nitrogens with one attached hydrogen (secondary N) is 1. The summed E-state index contributed by atoms with van der Waals surface area (Å²) < 4.78 is 2.14. The van der Waals surface area contributed by atoms with Crippen LogP contribution >= 0.6 is 0 Å². The maximum atomic E-state index is 5.79. The molecule has 5 heteroatoms. The molecule has 2 bridgehead atoms. The van der Waals surface area contributed by atoms with Gasteiger partial charge in [0, 0.05) is 19.1 Å². The molecule has 1 aromatic heterocycles. The number of hydrogen-bond donors (Lipinski definition) is 3. The average molecular weight is 365 g/mol. The van der Waals surface area contributed by atoms with Gasteiger partial charge in [-0.2, -0.15) is 5.43 Å². The van der Waals surface area contributed by atoms with Crippen molar-refractivity contribution < 1.29 is 4.68 Å². The number of hydrogen-bond acceptors (Lipinski definition) is 2. The van der Waals surface area contributed by atoms with E-state index in [1.165, 1.54) is 24.1 Å². The van der Waals surface area contributed by atoms with E-state index in [0.29, 0.717) is 5.41 Å². The van der Waals surface area contributed by atoms with Gasteiger partial charge in [-0.15, -0.1) is 0 Å². The Hall–Kier alpha value is -2.56. The van der Waals surface area contributed by atoms with Crippen molar-refractivity contribution in [3.63, 3.8) is 0 Å². The molecule has 2 fully saturated rings. The van der Waals surface area contributed by atoms with Crippen molar-refractivity contribution in [2.45, 2.75) is 57.0 Å².